The highest BCUT2D eigenvalue weighted by Gasteiger charge is 2.30. The molecule has 6 rings (SSSR count). The molecule has 0 unspecified atom stereocenters. The third kappa shape index (κ3) is 5.77. The van der Waals surface area contributed by atoms with Crippen molar-refractivity contribution in [2.45, 2.75) is 56.2 Å². The van der Waals surface area contributed by atoms with Crippen LogP contribution in [0.3, 0.4) is 0 Å². The second-order valence-corrected chi connectivity index (χ2v) is 10.6. The van der Waals surface area contributed by atoms with Crippen LogP contribution in [0.1, 0.15) is 65.1 Å². The number of benzene rings is 2. The molecule has 8 nitrogen and oxygen atoms in total. The minimum atomic E-state index is -0.497. The number of nitrogens with zero attached hydrogens (tertiary/aromatic N) is 4. The fraction of sp³-hybridized carbons (Fsp3) is 0.355. The number of piperidine rings is 1. The van der Waals surface area contributed by atoms with E-state index < -0.39 is 6.10 Å². The molecule has 39 heavy (non-hydrogen) atoms. The van der Waals surface area contributed by atoms with Gasteiger partial charge in [0, 0.05) is 54.6 Å². The van der Waals surface area contributed by atoms with Gasteiger partial charge in [-0.3, -0.25) is 9.78 Å². The van der Waals surface area contributed by atoms with Crippen LogP contribution in [0.15, 0.2) is 83.6 Å². The Bertz CT molecular complexity index is 1370. The molecule has 2 aromatic carbocycles. The molecule has 0 spiro atoms. The van der Waals surface area contributed by atoms with E-state index in [4.69, 9.17) is 4.52 Å². The number of nitrogens with one attached hydrogen (secondary N) is 1. The van der Waals surface area contributed by atoms with Gasteiger partial charge in [-0.1, -0.05) is 47.6 Å². The molecule has 200 valence electrons. The maximum absolute atomic E-state index is 13.2. The smallest absolute Gasteiger partial charge is 0.253 e. The van der Waals surface area contributed by atoms with Crippen LogP contribution in [-0.2, 0) is 6.42 Å². The lowest BCUT2D eigenvalue weighted by atomic mass is 9.96. The Balaban J connectivity index is 0.996. The van der Waals surface area contributed by atoms with Gasteiger partial charge in [-0.05, 0) is 67.5 Å². The molecule has 2 aliphatic rings. The lowest BCUT2D eigenvalue weighted by Crippen LogP contribution is -2.38. The highest BCUT2D eigenvalue weighted by atomic mass is 16.5. The highest BCUT2D eigenvalue weighted by molar-refractivity contribution is 5.94. The molecular weight excluding hydrogens is 490 g/mol. The van der Waals surface area contributed by atoms with Crippen LogP contribution in [0.25, 0.3) is 11.4 Å². The fourth-order valence-electron chi connectivity index (χ4n) is 5.74. The van der Waals surface area contributed by atoms with E-state index in [0.29, 0.717) is 36.4 Å². The summed E-state index contributed by atoms with van der Waals surface area (Å²) in [5, 5.41) is 18.5. The Kier molecular flexibility index (Phi) is 7.47. The van der Waals surface area contributed by atoms with E-state index in [9.17, 15) is 9.90 Å². The van der Waals surface area contributed by atoms with Gasteiger partial charge in [-0.2, -0.15) is 4.98 Å². The largest absolute Gasteiger partial charge is 0.387 e. The van der Waals surface area contributed by atoms with Crippen LogP contribution >= 0.6 is 0 Å². The molecule has 0 bridgehead atoms. The SMILES string of the molecule is O=C(c1ccc(C[C@@H]2CC[C@H]([C@H](O)c3ccccc3)N2)cc1)N1CCC(c2nc(-c3cccnc3)no2)CC1. The number of pyridine rings is 1. The van der Waals surface area contributed by atoms with Crippen molar-refractivity contribution in [2.24, 2.45) is 0 Å². The summed E-state index contributed by atoms with van der Waals surface area (Å²) >= 11 is 0. The zero-order chi connectivity index (χ0) is 26.6. The second kappa shape index (κ2) is 11.5. The Morgan fingerprint density at radius 3 is 2.54 bits per heavy atom. The predicted molar refractivity (Wildman–Crippen MR) is 147 cm³/mol. The third-order valence-electron chi connectivity index (χ3n) is 7.97. The molecule has 2 aliphatic heterocycles. The predicted octanol–water partition coefficient (Wildman–Crippen LogP) is 4.55. The number of carbonyl (C=O) groups excluding carboxylic acids is 1. The van der Waals surface area contributed by atoms with Crippen LogP contribution in [-0.4, -0.2) is 56.2 Å². The van der Waals surface area contributed by atoms with Crippen molar-refractivity contribution in [2.75, 3.05) is 13.1 Å². The van der Waals surface area contributed by atoms with Crippen LogP contribution in [0.4, 0.5) is 0 Å². The quantitative estimate of drug-likeness (QED) is 0.366. The Hall–Kier alpha value is -3.88. The average Bonchev–Trinajstić information content (AvgIpc) is 3.69. The normalized spacial score (nSPS) is 20.7. The molecule has 2 N–H and O–H groups in total. The van der Waals surface area contributed by atoms with Crippen molar-refractivity contribution in [1.29, 1.82) is 0 Å². The van der Waals surface area contributed by atoms with E-state index in [2.05, 4.69) is 32.6 Å². The summed E-state index contributed by atoms with van der Waals surface area (Å²) < 4.78 is 5.54. The van der Waals surface area contributed by atoms with Gasteiger partial charge in [0.15, 0.2) is 0 Å². The summed E-state index contributed by atoms with van der Waals surface area (Å²) in [5.41, 5.74) is 3.69. The van der Waals surface area contributed by atoms with Gasteiger partial charge in [-0.15, -0.1) is 0 Å². The molecule has 8 heteroatoms. The number of likely N-dealkylation sites (tertiary alicyclic amines) is 1. The molecule has 0 aliphatic carbocycles. The first-order chi connectivity index (χ1) is 19.1. The minimum Gasteiger partial charge on any atom is -0.387 e. The van der Waals surface area contributed by atoms with E-state index in [1.165, 1.54) is 5.56 Å². The van der Waals surface area contributed by atoms with Gasteiger partial charge >= 0.3 is 0 Å². The van der Waals surface area contributed by atoms with Crippen molar-refractivity contribution in [3.05, 3.63) is 102 Å². The van der Waals surface area contributed by atoms with Crippen LogP contribution in [0.2, 0.25) is 0 Å². The molecule has 2 fully saturated rings. The monoisotopic (exact) mass is 523 g/mol. The zero-order valence-corrected chi connectivity index (χ0v) is 21.8. The number of hydrogen-bond donors (Lipinski definition) is 2. The summed E-state index contributed by atoms with van der Waals surface area (Å²) in [4.78, 5) is 23.8. The van der Waals surface area contributed by atoms with Gasteiger partial charge in [-0.25, -0.2) is 0 Å². The number of carbonyl (C=O) groups is 1. The van der Waals surface area contributed by atoms with Crippen molar-refractivity contribution in [3.8, 4) is 11.4 Å². The molecule has 2 aromatic heterocycles. The van der Waals surface area contributed by atoms with E-state index in [-0.39, 0.29) is 17.9 Å². The van der Waals surface area contributed by atoms with E-state index in [1.54, 1.807) is 12.4 Å². The van der Waals surface area contributed by atoms with Gasteiger partial charge < -0.3 is 19.8 Å². The third-order valence-corrected chi connectivity index (χ3v) is 7.97. The van der Waals surface area contributed by atoms with Crippen molar-refractivity contribution >= 4 is 5.91 Å². The zero-order valence-electron chi connectivity index (χ0n) is 21.8. The van der Waals surface area contributed by atoms with Gasteiger partial charge in [0.2, 0.25) is 11.7 Å². The maximum Gasteiger partial charge on any atom is 0.253 e. The standard InChI is InChI=1S/C31H33N5O3/c37-28(22-5-2-1-3-6-22)27-13-12-26(33-27)19-21-8-10-24(11-9-21)31(38)36-17-14-23(15-18-36)30-34-29(35-39-30)25-7-4-16-32-20-25/h1-11,16,20,23,26-28,33,37H,12-15,17-19H2/t26-,27+,28+/m0/s1. The Morgan fingerprint density at radius 1 is 1.00 bits per heavy atom. The van der Waals surface area contributed by atoms with Gasteiger partial charge in [0.1, 0.15) is 0 Å². The molecule has 2 saturated heterocycles. The minimum absolute atomic E-state index is 0.0617. The first kappa shape index (κ1) is 25.4. The Morgan fingerprint density at radius 2 is 1.79 bits per heavy atom. The molecule has 4 aromatic rings. The van der Waals surface area contributed by atoms with Gasteiger partial charge in [0.25, 0.3) is 5.91 Å². The molecule has 0 radical (unpaired) electrons. The average molecular weight is 524 g/mol. The van der Waals surface area contributed by atoms with Crippen LogP contribution < -0.4 is 5.32 Å². The second-order valence-electron chi connectivity index (χ2n) is 10.6. The topological polar surface area (TPSA) is 104 Å². The molecule has 0 saturated carbocycles. The number of aromatic nitrogens is 3. The first-order valence-corrected chi connectivity index (χ1v) is 13.8. The summed E-state index contributed by atoms with van der Waals surface area (Å²) in [6, 6.07) is 22.0. The van der Waals surface area contributed by atoms with Crippen LogP contribution in [0, 0.1) is 0 Å². The van der Waals surface area contributed by atoms with E-state index in [0.717, 1.165) is 43.2 Å². The summed E-state index contributed by atoms with van der Waals surface area (Å²) in [7, 11) is 0. The molecule has 4 heterocycles. The first-order valence-electron chi connectivity index (χ1n) is 13.8. The number of aliphatic hydroxyl groups excluding tert-OH is 1. The Labute approximate surface area is 228 Å². The number of rotatable bonds is 7. The summed E-state index contributed by atoms with van der Waals surface area (Å²) in [6.07, 6.45) is 7.37. The van der Waals surface area contributed by atoms with Crippen molar-refractivity contribution in [3.63, 3.8) is 0 Å². The lowest BCUT2D eigenvalue weighted by Gasteiger charge is -2.30. The lowest BCUT2D eigenvalue weighted by molar-refractivity contribution is 0.0704. The van der Waals surface area contributed by atoms with Crippen molar-refractivity contribution < 1.29 is 14.4 Å². The molecule has 3 atom stereocenters. The van der Waals surface area contributed by atoms with Gasteiger partial charge in [0.05, 0.1) is 6.10 Å². The maximum atomic E-state index is 13.2. The molecule has 1 amide bonds. The van der Waals surface area contributed by atoms with E-state index in [1.807, 2.05) is 59.5 Å². The summed E-state index contributed by atoms with van der Waals surface area (Å²) in [6.45, 7) is 1.32. The highest BCUT2D eigenvalue weighted by Crippen LogP contribution is 2.30. The van der Waals surface area contributed by atoms with Crippen molar-refractivity contribution in [1.82, 2.24) is 25.3 Å². The summed E-state index contributed by atoms with van der Waals surface area (Å²) in [5.74, 6) is 1.39. The fourth-order valence-corrected chi connectivity index (χ4v) is 5.74. The van der Waals surface area contributed by atoms with E-state index >= 15 is 0 Å². The number of hydrogen-bond acceptors (Lipinski definition) is 7. The number of aliphatic hydroxyl groups is 1. The molecular formula is C31H33N5O3. The van der Waals surface area contributed by atoms with Crippen LogP contribution in [0.5, 0.6) is 0 Å². The number of amides is 1.